The van der Waals surface area contributed by atoms with Gasteiger partial charge in [0.1, 0.15) is 5.75 Å². The molecule has 1 heterocycles. The van der Waals surface area contributed by atoms with Gasteiger partial charge in [0.05, 0.1) is 6.54 Å². The Morgan fingerprint density at radius 3 is 2.41 bits per heavy atom. The van der Waals surface area contributed by atoms with Crippen molar-refractivity contribution in [2.75, 3.05) is 46.8 Å². The van der Waals surface area contributed by atoms with Gasteiger partial charge in [-0.15, -0.1) is 0 Å². The molecule has 0 unspecified atom stereocenters. The molecule has 1 fully saturated rings. The van der Waals surface area contributed by atoms with Gasteiger partial charge in [-0.25, -0.2) is 0 Å². The van der Waals surface area contributed by atoms with E-state index in [1.54, 1.807) is 6.07 Å². The van der Waals surface area contributed by atoms with Crippen LogP contribution < -0.4 is 0 Å². The third-order valence-electron chi connectivity index (χ3n) is 5.80. The van der Waals surface area contributed by atoms with Crippen LogP contribution in [0.5, 0.6) is 5.75 Å². The van der Waals surface area contributed by atoms with E-state index in [0.29, 0.717) is 5.75 Å². The number of benzene rings is 2. The average Bonchev–Trinajstić information content (AvgIpc) is 2.73. The second kappa shape index (κ2) is 11.1. The van der Waals surface area contributed by atoms with E-state index in [1.165, 1.54) is 24.8 Å². The Labute approximate surface area is 175 Å². The fourth-order valence-electron chi connectivity index (χ4n) is 4.03. The van der Waals surface area contributed by atoms with Crippen LogP contribution >= 0.6 is 0 Å². The minimum Gasteiger partial charge on any atom is -0.507 e. The van der Waals surface area contributed by atoms with Crippen molar-refractivity contribution in [1.29, 1.82) is 0 Å². The second-order valence-electron chi connectivity index (χ2n) is 8.37. The van der Waals surface area contributed by atoms with Crippen LogP contribution in [0.4, 0.5) is 0 Å². The highest BCUT2D eigenvalue weighted by molar-refractivity contribution is 6.02. The molecule has 0 aliphatic carbocycles. The van der Waals surface area contributed by atoms with Crippen molar-refractivity contribution in [2.45, 2.75) is 25.7 Å². The number of aliphatic imine (C=N–C) groups is 1. The van der Waals surface area contributed by atoms with E-state index in [9.17, 15) is 5.11 Å². The molecule has 156 valence electrons. The molecule has 2 aromatic carbocycles. The number of likely N-dealkylation sites (N-methyl/N-ethyl adjacent to an activating group) is 1. The summed E-state index contributed by atoms with van der Waals surface area (Å²) in [6.07, 6.45) is 4.61. The fraction of sp³-hybridized carbons (Fsp3) is 0.480. The van der Waals surface area contributed by atoms with Crippen LogP contribution in [0.2, 0.25) is 0 Å². The van der Waals surface area contributed by atoms with Crippen LogP contribution in [0, 0.1) is 5.92 Å². The van der Waals surface area contributed by atoms with Gasteiger partial charge in [0.2, 0.25) is 0 Å². The minimum atomic E-state index is 0.331. The number of hydrogen-bond donors (Lipinski definition) is 1. The molecule has 0 spiro atoms. The zero-order valence-corrected chi connectivity index (χ0v) is 17.9. The van der Waals surface area contributed by atoms with Crippen LogP contribution in [-0.4, -0.2) is 67.4 Å². The van der Waals surface area contributed by atoms with Crippen molar-refractivity contribution in [3.63, 3.8) is 0 Å². The summed E-state index contributed by atoms with van der Waals surface area (Å²) < 4.78 is 0. The van der Waals surface area contributed by atoms with Crippen LogP contribution in [-0.2, 0) is 6.42 Å². The van der Waals surface area contributed by atoms with Crippen molar-refractivity contribution in [1.82, 2.24) is 9.80 Å². The standard InChI is InChI=1S/C25H35N3O/c1-27(2)19-15-26-24(23-10-6-7-11-25(23)29)14-18-28-16-12-22(13-17-28)20-21-8-4-3-5-9-21/h3-11,22,29H,12-20H2,1-2H3. The van der Waals surface area contributed by atoms with Gasteiger partial charge in [-0.2, -0.15) is 0 Å². The highest BCUT2D eigenvalue weighted by Gasteiger charge is 2.20. The summed E-state index contributed by atoms with van der Waals surface area (Å²) in [5.41, 5.74) is 3.36. The van der Waals surface area contributed by atoms with Gasteiger partial charge in [0.15, 0.2) is 0 Å². The maximum atomic E-state index is 10.3. The molecule has 2 aromatic rings. The summed E-state index contributed by atoms with van der Waals surface area (Å²) in [4.78, 5) is 9.54. The first-order valence-electron chi connectivity index (χ1n) is 10.8. The van der Waals surface area contributed by atoms with E-state index in [1.807, 2.05) is 18.2 Å². The molecule has 1 aliphatic rings. The average molecular weight is 394 g/mol. The monoisotopic (exact) mass is 393 g/mol. The maximum absolute atomic E-state index is 10.3. The SMILES string of the molecule is CN(C)CCN=C(CCN1CCC(Cc2ccccc2)CC1)c1ccccc1O. The Balaban J connectivity index is 1.52. The van der Waals surface area contributed by atoms with E-state index in [2.05, 4.69) is 54.2 Å². The van der Waals surface area contributed by atoms with Crippen LogP contribution in [0.3, 0.4) is 0 Å². The van der Waals surface area contributed by atoms with Crippen LogP contribution in [0.25, 0.3) is 0 Å². The lowest BCUT2D eigenvalue weighted by molar-refractivity contribution is 0.188. The first-order valence-corrected chi connectivity index (χ1v) is 10.8. The Kier molecular flexibility index (Phi) is 8.26. The zero-order chi connectivity index (χ0) is 20.5. The van der Waals surface area contributed by atoms with Gasteiger partial charge >= 0.3 is 0 Å². The highest BCUT2D eigenvalue weighted by atomic mass is 16.3. The Morgan fingerprint density at radius 2 is 1.72 bits per heavy atom. The van der Waals surface area contributed by atoms with E-state index in [0.717, 1.165) is 56.3 Å². The predicted octanol–water partition coefficient (Wildman–Crippen LogP) is 4.09. The smallest absolute Gasteiger partial charge is 0.124 e. The maximum Gasteiger partial charge on any atom is 0.124 e. The van der Waals surface area contributed by atoms with Crippen molar-refractivity contribution in [3.8, 4) is 5.75 Å². The molecule has 3 rings (SSSR count). The summed E-state index contributed by atoms with van der Waals surface area (Å²) in [7, 11) is 4.13. The summed E-state index contributed by atoms with van der Waals surface area (Å²) in [6.45, 7) is 5.00. The largest absolute Gasteiger partial charge is 0.507 e. The molecule has 1 aliphatic heterocycles. The normalized spacial score (nSPS) is 16.4. The number of aromatic hydroxyl groups is 1. The van der Waals surface area contributed by atoms with E-state index in [-0.39, 0.29) is 0 Å². The molecular formula is C25H35N3O. The molecule has 0 atom stereocenters. The molecule has 29 heavy (non-hydrogen) atoms. The molecule has 4 nitrogen and oxygen atoms in total. The Morgan fingerprint density at radius 1 is 1.03 bits per heavy atom. The number of rotatable bonds is 9. The minimum absolute atomic E-state index is 0.331. The van der Waals surface area contributed by atoms with Gasteiger partial charge in [0.25, 0.3) is 0 Å². The molecule has 0 aromatic heterocycles. The first-order chi connectivity index (χ1) is 14.1. The van der Waals surface area contributed by atoms with Crippen molar-refractivity contribution < 1.29 is 5.11 Å². The third kappa shape index (κ3) is 6.98. The van der Waals surface area contributed by atoms with Gasteiger partial charge in [0, 0.05) is 30.8 Å². The molecule has 1 N–H and O–H groups in total. The number of likely N-dealkylation sites (tertiary alicyclic amines) is 1. The van der Waals surface area contributed by atoms with Crippen molar-refractivity contribution in [3.05, 3.63) is 65.7 Å². The Hall–Kier alpha value is -2.17. The van der Waals surface area contributed by atoms with Gasteiger partial charge in [-0.05, 0) is 70.1 Å². The zero-order valence-electron chi connectivity index (χ0n) is 17.9. The topological polar surface area (TPSA) is 39.1 Å². The Bertz CT molecular complexity index is 765. The third-order valence-corrected chi connectivity index (χ3v) is 5.80. The van der Waals surface area contributed by atoms with E-state index in [4.69, 9.17) is 4.99 Å². The lowest BCUT2D eigenvalue weighted by Gasteiger charge is -2.32. The number of nitrogens with zero attached hydrogens (tertiary/aromatic N) is 3. The van der Waals surface area contributed by atoms with Crippen molar-refractivity contribution in [2.24, 2.45) is 10.9 Å². The number of piperidine rings is 1. The molecule has 0 saturated carbocycles. The van der Waals surface area contributed by atoms with Gasteiger partial charge < -0.3 is 14.9 Å². The first kappa shape index (κ1) is 21.5. The summed E-state index contributed by atoms with van der Waals surface area (Å²) in [6, 6.07) is 18.4. The van der Waals surface area contributed by atoms with E-state index >= 15 is 0 Å². The fourth-order valence-corrected chi connectivity index (χ4v) is 4.03. The number of phenolic OH excluding ortho intramolecular Hbond substituents is 1. The summed E-state index contributed by atoms with van der Waals surface area (Å²) >= 11 is 0. The molecule has 0 amide bonds. The molecule has 0 radical (unpaired) electrons. The van der Waals surface area contributed by atoms with Crippen LogP contribution in [0.15, 0.2) is 59.6 Å². The van der Waals surface area contributed by atoms with Gasteiger partial charge in [-0.1, -0.05) is 42.5 Å². The molecule has 4 heteroatoms. The highest BCUT2D eigenvalue weighted by Crippen LogP contribution is 2.23. The van der Waals surface area contributed by atoms with Gasteiger partial charge in [-0.3, -0.25) is 4.99 Å². The van der Waals surface area contributed by atoms with Crippen molar-refractivity contribution >= 4 is 5.71 Å². The summed E-state index contributed by atoms with van der Waals surface area (Å²) in [5, 5.41) is 10.3. The number of hydrogen-bond acceptors (Lipinski definition) is 4. The lowest BCUT2D eigenvalue weighted by Crippen LogP contribution is -2.35. The van der Waals surface area contributed by atoms with E-state index < -0.39 is 0 Å². The lowest BCUT2D eigenvalue weighted by atomic mass is 9.90. The molecule has 0 bridgehead atoms. The predicted molar refractivity (Wildman–Crippen MR) is 122 cm³/mol. The van der Waals surface area contributed by atoms with Crippen LogP contribution in [0.1, 0.15) is 30.4 Å². The number of phenols is 1. The molecule has 1 saturated heterocycles. The molecular weight excluding hydrogens is 358 g/mol. The second-order valence-corrected chi connectivity index (χ2v) is 8.37. The summed E-state index contributed by atoms with van der Waals surface area (Å²) in [5.74, 6) is 1.12. The quantitative estimate of drug-likeness (QED) is 0.652. The number of para-hydroxylation sites is 1.